The van der Waals surface area contributed by atoms with Gasteiger partial charge in [-0.15, -0.1) is 0 Å². The zero-order chi connectivity index (χ0) is 14.3. The molecule has 0 bridgehead atoms. The molecule has 1 heterocycles. The number of hydrogen-bond donors (Lipinski definition) is 3. The molecule has 1 unspecified atom stereocenters. The number of rotatable bonds is 1. The quantitative estimate of drug-likeness (QED) is 0.742. The predicted octanol–water partition coefficient (Wildman–Crippen LogP) is 2.40. The molecule has 1 fully saturated rings. The molecule has 3 rings (SSSR count). The van der Waals surface area contributed by atoms with Gasteiger partial charge in [-0.05, 0) is 49.3 Å². The van der Waals surface area contributed by atoms with Crippen molar-refractivity contribution in [1.82, 2.24) is 0 Å². The largest absolute Gasteiger partial charge is 0.387 e. The number of fused-ring (bicyclic) bond motifs is 1. The van der Waals surface area contributed by atoms with Crippen LogP contribution in [0.5, 0.6) is 0 Å². The van der Waals surface area contributed by atoms with Crippen molar-refractivity contribution < 1.29 is 0 Å². The van der Waals surface area contributed by atoms with Crippen LogP contribution < -0.4 is 17.2 Å². The Morgan fingerprint density at radius 1 is 1.20 bits per heavy atom. The molecule has 1 aromatic carbocycles. The SMILES string of the molecule is NC1=Nc2cc(Cl)ccc2C(N)(C2CCC(N)CC2)C1. The lowest BCUT2D eigenvalue weighted by Crippen LogP contribution is -2.50. The van der Waals surface area contributed by atoms with Crippen molar-refractivity contribution in [3.63, 3.8) is 0 Å². The molecule has 1 aromatic rings. The highest BCUT2D eigenvalue weighted by atomic mass is 35.5. The monoisotopic (exact) mass is 292 g/mol. The van der Waals surface area contributed by atoms with Crippen LogP contribution in [-0.4, -0.2) is 11.9 Å². The summed E-state index contributed by atoms with van der Waals surface area (Å²) in [4.78, 5) is 4.42. The molecule has 5 heteroatoms. The summed E-state index contributed by atoms with van der Waals surface area (Å²) in [5, 5.41) is 0.662. The minimum absolute atomic E-state index is 0.314. The third-order valence-electron chi connectivity index (χ3n) is 4.70. The van der Waals surface area contributed by atoms with E-state index in [1.165, 1.54) is 0 Å². The van der Waals surface area contributed by atoms with Gasteiger partial charge in [0.1, 0.15) is 5.84 Å². The van der Waals surface area contributed by atoms with Crippen LogP contribution in [0, 0.1) is 5.92 Å². The van der Waals surface area contributed by atoms with Crippen LogP contribution in [0.25, 0.3) is 0 Å². The van der Waals surface area contributed by atoms with E-state index >= 15 is 0 Å². The summed E-state index contributed by atoms with van der Waals surface area (Å²) in [7, 11) is 0. The zero-order valence-corrected chi connectivity index (χ0v) is 12.2. The molecule has 0 saturated heterocycles. The van der Waals surface area contributed by atoms with Crippen molar-refractivity contribution in [2.45, 2.75) is 43.7 Å². The normalized spacial score (nSPS) is 33.5. The average Bonchev–Trinajstić information content (AvgIpc) is 2.38. The highest BCUT2D eigenvalue weighted by molar-refractivity contribution is 6.30. The van der Waals surface area contributed by atoms with Crippen LogP contribution in [0.15, 0.2) is 23.2 Å². The molecule has 1 aliphatic heterocycles. The van der Waals surface area contributed by atoms with Gasteiger partial charge in [0.05, 0.1) is 11.2 Å². The van der Waals surface area contributed by atoms with Crippen LogP contribution in [0.4, 0.5) is 5.69 Å². The molecule has 0 amide bonds. The van der Waals surface area contributed by atoms with Gasteiger partial charge in [-0.3, -0.25) is 0 Å². The lowest BCUT2D eigenvalue weighted by molar-refractivity contribution is 0.199. The predicted molar refractivity (Wildman–Crippen MR) is 83.2 cm³/mol. The summed E-state index contributed by atoms with van der Waals surface area (Å²) in [6.45, 7) is 0. The fourth-order valence-electron chi connectivity index (χ4n) is 3.58. The molecule has 4 nitrogen and oxygen atoms in total. The maximum Gasteiger partial charge on any atom is 0.102 e. The lowest BCUT2D eigenvalue weighted by atomic mass is 9.68. The molecular formula is C15H21ClN4. The Kier molecular flexibility index (Phi) is 3.48. The van der Waals surface area contributed by atoms with E-state index in [-0.39, 0.29) is 0 Å². The van der Waals surface area contributed by atoms with E-state index in [0.29, 0.717) is 29.2 Å². The zero-order valence-electron chi connectivity index (χ0n) is 11.5. The summed E-state index contributed by atoms with van der Waals surface area (Å²) >= 11 is 6.05. The second-order valence-corrected chi connectivity index (χ2v) is 6.53. The first-order chi connectivity index (χ1) is 9.49. The van der Waals surface area contributed by atoms with Gasteiger partial charge in [0.25, 0.3) is 0 Å². The van der Waals surface area contributed by atoms with Crippen molar-refractivity contribution in [2.24, 2.45) is 28.1 Å². The Labute approximate surface area is 124 Å². The maximum atomic E-state index is 6.79. The number of halogens is 1. The van der Waals surface area contributed by atoms with Gasteiger partial charge in [0.15, 0.2) is 0 Å². The number of nitrogens with zero attached hydrogens (tertiary/aromatic N) is 1. The average molecular weight is 293 g/mol. The first-order valence-electron chi connectivity index (χ1n) is 7.16. The van der Waals surface area contributed by atoms with Crippen molar-refractivity contribution in [3.05, 3.63) is 28.8 Å². The molecule has 0 spiro atoms. The summed E-state index contributed by atoms with van der Waals surface area (Å²) in [5.74, 6) is 0.994. The minimum atomic E-state index is -0.439. The molecule has 1 atom stereocenters. The number of aliphatic imine (C=N–C) groups is 1. The van der Waals surface area contributed by atoms with E-state index in [9.17, 15) is 0 Å². The summed E-state index contributed by atoms with van der Waals surface area (Å²) in [6.07, 6.45) is 4.77. The van der Waals surface area contributed by atoms with Crippen LogP contribution in [0.2, 0.25) is 5.02 Å². The highest BCUT2D eigenvalue weighted by Gasteiger charge is 2.42. The smallest absolute Gasteiger partial charge is 0.102 e. The van der Waals surface area contributed by atoms with Crippen LogP contribution in [0.3, 0.4) is 0 Å². The van der Waals surface area contributed by atoms with Crippen LogP contribution >= 0.6 is 11.6 Å². The van der Waals surface area contributed by atoms with Gasteiger partial charge in [-0.25, -0.2) is 4.99 Å². The van der Waals surface area contributed by atoms with Gasteiger partial charge >= 0.3 is 0 Å². The molecule has 0 aromatic heterocycles. The molecular weight excluding hydrogens is 272 g/mol. The highest BCUT2D eigenvalue weighted by Crippen LogP contribution is 2.45. The van der Waals surface area contributed by atoms with Gasteiger partial charge in [0, 0.05) is 17.5 Å². The lowest BCUT2D eigenvalue weighted by Gasteiger charge is -2.43. The van der Waals surface area contributed by atoms with Crippen LogP contribution in [-0.2, 0) is 5.54 Å². The molecule has 1 aliphatic carbocycles. The van der Waals surface area contributed by atoms with Gasteiger partial charge < -0.3 is 17.2 Å². The third kappa shape index (κ3) is 2.32. The van der Waals surface area contributed by atoms with Crippen molar-refractivity contribution >= 4 is 23.1 Å². The van der Waals surface area contributed by atoms with Gasteiger partial charge in [-0.2, -0.15) is 0 Å². The van der Waals surface area contributed by atoms with E-state index in [2.05, 4.69) is 4.99 Å². The topological polar surface area (TPSA) is 90.4 Å². The standard InChI is InChI=1S/C15H21ClN4/c16-10-3-6-12-13(7-10)20-14(18)8-15(12,19)9-1-4-11(17)5-2-9/h3,6-7,9,11H,1-2,4-5,8,17,19H2,(H2,18,20). The molecule has 2 aliphatic rings. The maximum absolute atomic E-state index is 6.79. The van der Waals surface area contributed by atoms with E-state index in [0.717, 1.165) is 36.9 Å². The fraction of sp³-hybridized carbons (Fsp3) is 0.533. The first kappa shape index (κ1) is 13.9. The van der Waals surface area contributed by atoms with Crippen molar-refractivity contribution in [1.29, 1.82) is 0 Å². The molecule has 6 N–H and O–H groups in total. The van der Waals surface area contributed by atoms with E-state index in [4.69, 9.17) is 28.8 Å². The Balaban J connectivity index is 1.99. The molecule has 108 valence electrons. The fourth-order valence-corrected chi connectivity index (χ4v) is 3.74. The van der Waals surface area contributed by atoms with Crippen molar-refractivity contribution in [3.8, 4) is 0 Å². The Bertz CT molecular complexity index is 549. The van der Waals surface area contributed by atoms with E-state index < -0.39 is 5.54 Å². The van der Waals surface area contributed by atoms with Gasteiger partial charge in [-0.1, -0.05) is 17.7 Å². The van der Waals surface area contributed by atoms with Crippen LogP contribution in [0.1, 0.15) is 37.7 Å². The Morgan fingerprint density at radius 2 is 1.90 bits per heavy atom. The molecule has 0 radical (unpaired) electrons. The number of hydrogen-bond acceptors (Lipinski definition) is 4. The Hall–Kier alpha value is -1.10. The number of benzene rings is 1. The van der Waals surface area contributed by atoms with Gasteiger partial charge in [0.2, 0.25) is 0 Å². The Morgan fingerprint density at radius 3 is 2.60 bits per heavy atom. The summed E-state index contributed by atoms with van der Waals surface area (Å²) < 4.78 is 0. The van der Waals surface area contributed by atoms with E-state index in [1.54, 1.807) is 0 Å². The first-order valence-corrected chi connectivity index (χ1v) is 7.54. The molecule has 1 saturated carbocycles. The third-order valence-corrected chi connectivity index (χ3v) is 4.93. The number of amidine groups is 1. The van der Waals surface area contributed by atoms with E-state index in [1.807, 2.05) is 18.2 Å². The summed E-state index contributed by atoms with van der Waals surface area (Å²) in [6, 6.07) is 6.04. The van der Waals surface area contributed by atoms with Crippen molar-refractivity contribution in [2.75, 3.05) is 0 Å². The number of nitrogens with two attached hydrogens (primary N) is 3. The second kappa shape index (κ2) is 5.02. The summed E-state index contributed by atoms with van der Waals surface area (Å²) in [5.41, 5.74) is 20.2. The minimum Gasteiger partial charge on any atom is -0.387 e. The second-order valence-electron chi connectivity index (χ2n) is 6.09. The molecule has 20 heavy (non-hydrogen) atoms.